The first-order chi connectivity index (χ1) is 8.99. The second-order valence-electron chi connectivity index (χ2n) is 3.31. The molecule has 0 atom stereocenters. The molecule has 8 heteroatoms. The number of hydrogen-bond donors (Lipinski definition) is 2. The first kappa shape index (κ1) is 15.2. The predicted molar refractivity (Wildman–Crippen MR) is 66.7 cm³/mol. The standard InChI is InChI=1S/C11H11F2NO4S/c12-11(13)18-8-4-2-1-3-7(8)14-9(15)5-19-6-10(16)17/h1-4,11H,5-6H2,(H,14,15)(H,16,17). The molecule has 1 rings (SSSR count). The summed E-state index contributed by atoms with van der Waals surface area (Å²) in [5.41, 5.74) is 0.115. The maximum absolute atomic E-state index is 12.1. The molecule has 0 saturated carbocycles. The van der Waals surface area contributed by atoms with Crippen molar-refractivity contribution in [2.75, 3.05) is 16.8 Å². The SMILES string of the molecule is O=C(O)CSCC(=O)Nc1ccccc1OC(F)F. The molecule has 2 N–H and O–H groups in total. The highest BCUT2D eigenvalue weighted by Gasteiger charge is 2.11. The van der Waals surface area contributed by atoms with Crippen LogP contribution >= 0.6 is 11.8 Å². The van der Waals surface area contributed by atoms with Crippen molar-refractivity contribution < 1.29 is 28.2 Å². The fourth-order valence-corrected chi connectivity index (χ4v) is 1.72. The minimum Gasteiger partial charge on any atom is -0.481 e. The summed E-state index contributed by atoms with van der Waals surface area (Å²) in [6.07, 6.45) is 0. The van der Waals surface area contributed by atoms with Gasteiger partial charge in [-0.2, -0.15) is 8.78 Å². The van der Waals surface area contributed by atoms with Crippen LogP contribution in [0, 0.1) is 0 Å². The van der Waals surface area contributed by atoms with E-state index in [4.69, 9.17) is 5.11 Å². The third-order valence-corrected chi connectivity index (χ3v) is 2.75. The van der Waals surface area contributed by atoms with E-state index in [0.29, 0.717) is 0 Å². The lowest BCUT2D eigenvalue weighted by atomic mass is 10.3. The van der Waals surface area contributed by atoms with Gasteiger partial charge < -0.3 is 15.2 Å². The number of carboxylic acid groups (broad SMARTS) is 1. The van der Waals surface area contributed by atoms with Crippen molar-refractivity contribution in [2.24, 2.45) is 0 Å². The molecule has 19 heavy (non-hydrogen) atoms. The monoisotopic (exact) mass is 291 g/mol. The van der Waals surface area contributed by atoms with Gasteiger partial charge in [0.05, 0.1) is 17.2 Å². The zero-order valence-corrected chi connectivity index (χ0v) is 10.5. The molecular weight excluding hydrogens is 280 g/mol. The molecule has 1 aromatic rings. The molecule has 0 spiro atoms. The summed E-state index contributed by atoms with van der Waals surface area (Å²) in [5, 5.41) is 10.8. The number of para-hydroxylation sites is 2. The van der Waals surface area contributed by atoms with Gasteiger partial charge in [0.15, 0.2) is 0 Å². The fourth-order valence-electron chi connectivity index (χ4n) is 1.19. The molecule has 0 aliphatic carbocycles. The molecule has 0 unspecified atom stereocenters. The van der Waals surface area contributed by atoms with Gasteiger partial charge in [0.2, 0.25) is 5.91 Å². The maximum Gasteiger partial charge on any atom is 0.387 e. The van der Waals surface area contributed by atoms with Crippen molar-refractivity contribution in [3.63, 3.8) is 0 Å². The fraction of sp³-hybridized carbons (Fsp3) is 0.273. The van der Waals surface area contributed by atoms with Crippen LogP contribution in [0.5, 0.6) is 5.75 Å². The van der Waals surface area contributed by atoms with E-state index in [9.17, 15) is 18.4 Å². The molecule has 1 amide bonds. The quantitative estimate of drug-likeness (QED) is 0.804. The van der Waals surface area contributed by atoms with Crippen LogP contribution in [-0.2, 0) is 9.59 Å². The number of halogens is 2. The average molecular weight is 291 g/mol. The zero-order chi connectivity index (χ0) is 14.3. The second kappa shape index (κ2) is 7.57. The van der Waals surface area contributed by atoms with Crippen molar-refractivity contribution >= 4 is 29.3 Å². The number of ether oxygens (including phenoxy) is 1. The Hall–Kier alpha value is -1.83. The van der Waals surface area contributed by atoms with Gasteiger partial charge in [-0.15, -0.1) is 11.8 Å². The van der Waals surface area contributed by atoms with E-state index < -0.39 is 18.5 Å². The minimum absolute atomic E-state index is 0.0880. The summed E-state index contributed by atoms with van der Waals surface area (Å²) >= 11 is 0.908. The summed E-state index contributed by atoms with van der Waals surface area (Å²) in [7, 11) is 0. The summed E-state index contributed by atoms with van der Waals surface area (Å²) < 4.78 is 28.5. The van der Waals surface area contributed by atoms with Gasteiger partial charge in [0.1, 0.15) is 5.75 Å². The number of benzene rings is 1. The van der Waals surface area contributed by atoms with E-state index in [1.54, 1.807) is 6.07 Å². The van der Waals surface area contributed by atoms with Crippen molar-refractivity contribution in [3.8, 4) is 5.75 Å². The largest absolute Gasteiger partial charge is 0.481 e. The number of carboxylic acids is 1. The van der Waals surface area contributed by atoms with Gasteiger partial charge in [-0.3, -0.25) is 9.59 Å². The van der Waals surface area contributed by atoms with Gasteiger partial charge in [-0.25, -0.2) is 0 Å². The van der Waals surface area contributed by atoms with Crippen LogP contribution in [0.2, 0.25) is 0 Å². The number of rotatable bonds is 7. The lowest BCUT2D eigenvalue weighted by molar-refractivity contribution is -0.133. The first-order valence-electron chi connectivity index (χ1n) is 5.12. The number of carbonyl (C=O) groups is 2. The highest BCUT2D eigenvalue weighted by atomic mass is 32.2. The molecular formula is C11H11F2NO4S. The number of aliphatic carboxylic acids is 1. The van der Waals surface area contributed by atoms with Crippen molar-refractivity contribution in [2.45, 2.75) is 6.61 Å². The minimum atomic E-state index is -2.99. The van der Waals surface area contributed by atoms with Crippen LogP contribution < -0.4 is 10.1 Å². The van der Waals surface area contributed by atoms with E-state index in [0.717, 1.165) is 11.8 Å². The smallest absolute Gasteiger partial charge is 0.387 e. The van der Waals surface area contributed by atoms with E-state index in [1.807, 2.05) is 0 Å². The maximum atomic E-state index is 12.1. The number of hydrogen-bond acceptors (Lipinski definition) is 4. The number of alkyl halides is 2. The number of carbonyl (C=O) groups excluding carboxylic acids is 1. The van der Waals surface area contributed by atoms with Crippen molar-refractivity contribution in [1.82, 2.24) is 0 Å². The number of anilines is 1. The molecule has 5 nitrogen and oxygen atoms in total. The molecule has 0 radical (unpaired) electrons. The van der Waals surface area contributed by atoms with E-state index in [1.165, 1.54) is 18.2 Å². The normalized spacial score (nSPS) is 10.3. The molecule has 0 bridgehead atoms. The number of nitrogens with one attached hydrogen (secondary N) is 1. The number of amides is 1. The van der Waals surface area contributed by atoms with Crippen LogP contribution in [0.1, 0.15) is 0 Å². The summed E-state index contributed by atoms with van der Waals surface area (Å²) in [4.78, 5) is 21.7. The van der Waals surface area contributed by atoms with Gasteiger partial charge in [0, 0.05) is 0 Å². The van der Waals surface area contributed by atoms with Crippen LogP contribution in [0.15, 0.2) is 24.3 Å². The van der Waals surface area contributed by atoms with Crippen molar-refractivity contribution in [3.05, 3.63) is 24.3 Å². The van der Waals surface area contributed by atoms with E-state index >= 15 is 0 Å². The second-order valence-corrected chi connectivity index (χ2v) is 4.29. The first-order valence-corrected chi connectivity index (χ1v) is 6.27. The zero-order valence-electron chi connectivity index (χ0n) is 9.64. The van der Waals surface area contributed by atoms with E-state index in [2.05, 4.69) is 10.1 Å². The van der Waals surface area contributed by atoms with Crippen LogP contribution in [0.3, 0.4) is 0 Å². The van der Waals surface area contributed by atoms with Gasteiger partial charge in [-0.05, 0) is 12.1 Å². The lowest BCUT2D eigenvalue weighted by Crippen LogP contribution is -2.16. The van der Waals surface area contributed by atoms with Crippen LogP contribution in [0.25, 0.3) is 0 Å². The average Bonchev–Trinajstić information content (AvgIpc) is 2.30. The molecule has 0 heterocycles. The Kier molecular flexibility index (Phi) is 6.07. The summed E-state index contributed by atoms with van der Waals surface area (Å²) in [5.74, 6) is -1.96. The topological polar surface area (TPSA) is 75.6 Å². The van der Waals surface area contributed by atoms with Gasteiger partial charge in [-0.1, -0.05) is 12.1 Å². The third-order valence-electron chi connectivity index (χ3n) is 1.84. The lowest BCUT2D eigenvalue weighted by Gasteiger charge is -2.11. The molecule has 0 aliphatic heterocycles. The molecule has 0 saturated heterocycles. The molecule has 0 aliphatic rings. The van der Waals surface area contributed by atoms with E-state index in [-0.39, 0.29) is 22.9 Å². The Balaban J connectivity index is 2.56. The molecule has 0 fully saturated rings. The Morgan fingerprint density at radius 2 is 2.00 bits per heavy atom. The van der Waals surface area contributed by atoms with Crippen molar-refractivity contribution in [1.29, 1.82) is 0 Å². The molecule has 104 valence electrons. The summed E-state index contributed by atoms with van der Waals surface area (Å²) in [6.45, 7) is -2.99. The molecule has 0 aromatic heterocycles. The Bertz CT molecular complexity index is 456. The Morgan fingerprint density at radius 3 is 2.63 bits per heavy atom. The summed E-state index contributed by atoms with van der Waals surface area (Å²) in [6, 6.07) is 5.76. The Labute approximate surface area is 111 Å². The highest BCUT2D eigenvalue weighted by molar-refractivity contribution is 8.00. The molecule has 1 aromatic carbocycles. The van der Waals surface area contributed by atoms with Crippen LogP contribution in [-0.4, -0.2) is 35.1 Å². The highest BCUT2D eigenvalue weighted by Crippen LogP contribution is 2.25. The van der Waals surface area contributed by atoms with Gasteiger partial charge >= 0.3 is 12.6 Å². The number of thioether (sulfide) groups is 1. The third kappa shape index (κ3) is 6.05. The Morgan fingerprint density at radius 1 is 1.32 bits per heavy atom. The van der Waals surface area contributed by atoms with Gasteiger partial charge in [0.25, 0.3) is 0 Å². The van der Waals surface area contributed by atoms with Crippen LogP contribution in [0.4, 0.5) is 14.5 Å². The predicted octanol–water partition coefficient (Wildman–Crippen LogP) is 2.04.